The van der Waals surface area contributed by atoms with Crippen molar-refractivity contribution in [1.82, 2.24) is 4.90 Å². The van der Waals surface area contributed by atoms with E-state index in [9.17, 15) is 14.4 Å². The third kappa shape index (κ3) is 4.47. The van der Waals surface area contributed by atoms with Crippen molar-refractivity contribution < 1.29 is 24.2 Å². The molecule has 1 unspecified atom stereocenters. The molecule has 1 aromatic carbocycles. The Morgan fingerprint density at radius 2 is 2.00 bits per heavy atom. The third-order valence-electron chi connectivity index (χ3n) is 3.22. The molecule has 7 heteroatoms. The molecule has 0 radical (unpaired) electrons. The fourth-order valence-electron chi connectivity index (χ4n) is 1.78. The van der Waals surface area contributed by atoms with Crippen LogP contribution in [0.4, 0.5) is 10.5 Å². The number of anilines is 1. The first-order valence-corrected chi connectivity index (χ1v) is 6.70. The largest absolute Gasteiger partial charge is 0.481 e. The first-order valence-electron chi connectivity index (χ1n) is 6.70. The van der Waals surface area contributed by atoms with E-state index in [1.165, 1.54) is 32.0 Å². The van der Waals surface area contributed by atoms with E-state index in [0.717, 1.165) is 5.56 Å². The lowest BCUT2D eigenvalue weighted by atomic mass is 10.1. The van der Waals surface area contributed by atoms with E-state index >= 15 is 0 Å². The van der Waals surface area contributed by atoms with Crippen molar-refractivity contribution >= 4 is 23.7 Å². The van der Waals surface area contributed by atoms with Crippen LogP contribution in [0.5, 0.6) is 0 Å². The van der Waals surface area contributed by atoms with E-state index in [0.29, 0.717) is 11.3 Å². The van der Waals surface area contributed by atoms with Gasteiger partial charge in [-0.1, -0.05) is 13.0 Å². The van der Waals surface area contributed by atoms with Gasteiger partial charge in [-0.2, -0.15) is 0 Å². The zero-order valence-electron chi connectivity index (χ0n) is 13.0. The summed E-state index contributed by atoms with van der Waals surface area (Å²) in [5, 5.41) is 11.5. The summed E-state index contributed by atoms with van der Waals surface area (Å²) in [4.78, 5) is 35.7. The Hall–Kier alpha value is -2.57. The van der Waals surface area contributed by atoms with Crippen LogP contribution in [0.3, 0.4) is 0 Å². The summed E-state index contributed by atoms with van der Waals surface area (Å²) in [5.74, 6) is -2.13. The van der Waals surface area contributed by atoms with Gasteiger partial charge in [0.1, 0.15) is 0 Å². The number of nitrogens with one attached hydrogen (secondary N) is 1. The molecule has 22 heavy (non-hydrogen) atoms. The number of aliphatic carboxylic acids is 1. The van der Waals surface area contributed by atoms with Crippen LogP contribution in [0.2, 0.25) is 0 Å². The summed E-state index contributed by atoms with van der Waals surface area (Å²) < 4.78 is 4.64. The molecule has 0 aliphatic rings. The van der Waals surface area contributed by atoms with Gasteiger partial charge in [-0.15, -0.1) is 0 Å². The maximum absolute atomic E-state index is 12.1. The number of carbonyl (C=O) groups excluding carboxylic acids is 2. The van der Waals surface area contributed by atoms with Crippen LogP contribution in [0.1, 0.15) is 22.8 Å². The molecule has 0 saturated carbocycles. The number of hydrogen-bond acceptors (Lipinski definition) is 4. The summed E-state index contributed by atoms with van der Waals surface area (Å²) in [6, 6.07) is 4.38. The van der Waals surface area contributed by atoms with Crippen LogP contribution < -0.4 is 5.32 Å². The minimum absolute atomic E-state index is 0.0803. The van der Waals surface area contributed by atoms with E-state index in [2.05, 4.69) is 10.1 Å². The van der Waals surface area contributed by atoms with Crippen LogP contribution in [-0.2, 0) is 9.53 Å². The number of esters is 1. The van der Waals surface area contributed by atoms with Crippen LogP contribution >= 0.6 is 0 Å². The van der Waals surface area contributed by atoms with Gasteiger partial charge < -0.3 is 20.1 Å². The quantitative estimate of drug-likeness (QED) is 0.811. The topological polar surface area (TPSA) is 95.9 Å². The van der Waals surface area contributed by atoms with E-state index < -0.39 is 23.9 Å². The standard InChI is InChI=1S/C15H20N2O5/c1-9-5-6-11(14(20)22-4)7-12(9)16-15(21)17(3)8-10(2)13(18)19/h5-7,10H,8H2,1-4H3,(H,16,21)(H,18,19). The van der Waals surface area contributed by atoms with E-state index in [1.54, 1.807) is 19.1 Å². The smallest absolute Gasteiger partial charge is 0.337 e. The van der Waals surface area contributed by atoms with Crippen molar-refractivity contribution in [3.05, 3.63) is 29.3 Å². The number of amides is 2. The molecule has 0 saturated heterocycles. The average molecular weight is 308 g/mol. The molecular weight excluding hydrogens is 288 g/mol. The molecular formula is C15H20N2O5. The predicted octanol–water partition coefficient (Wildman–Crippen LogP) is 1.97. The van der Waals surface area contributed by atoms with Gasteiger partial charge in [0.25, 0.3) is 0 Å². The molecule has 0 aliphatic heterocycles. The highest BCUT2D eigenvalue weighted by Gasteiger charge is 2.18. The number of carbonyl (C=O) groups is 3. The lowest BCUT2D eigenvalue weighted by Gasteiger charge is -2.20. The summed E-state index contributed by atoms with van der Waals surface area (Å²) >= 11 is 0. The minimum Gasteiger partial charge on any atom is -0.481 e. The Labute approximate surface area is 128 Å². The summed E-state index contributed by atoms with van der Waals surface area (Å²) in [5.41, 5.74) is 1.58. The molecule has 0 heterocycles. The van der Waals surface area contributed by atoms with Crippen molar-refractivity contribution in [3.8, 4) is 0 Å². The number of benzene rings is 1. The highest BCUT2D eigenvalue weighted by Crippen LogP contribution is 2.18. The number of ether oxygens (including phenoxy) is 1. The fraction of sp³-hybridized carbons (Fsp3) is 0.400. The van der Waals surface area contributed by atoms with Crippen LogP contribution in [0.15, 0.2) is 18.2 Å². The number of methoxy groups -OCH3 is 1. The maximum atomic E-state index is 12.1. The molecule has 2 amide bonds. The SMILES string of the molecule is COC(=O)c1ccc(C)c(NC(=O)N(C)CC(C)C(=O)O)c1. The minimum atomic E-state index is -0.969. The number of rotatable bonds is 5. The Balaban J connectivity index is 2.83. The van der Waals surface area contributed by atoms with Gasteiger partial charge in [-0.3, -0.25) is 4.79 Å². The molecule has 120 valence electrons. The summed E-state index contributed by atoms with van der Waals surface area (Å²) in [6.07, 6.45) is 0. The Kier molecular flexibility index (Phi) is 5.91. The number of carboxylic acids is 1. The van der Waals surface area contributed by atoms with Crippen molar-refractivity contribution in [2.24, 2.45) is 5.92 Å². The number of nitrogens with zero attached hydrogens (tertiary/aromatic N) is 1. The molecule has 7 nitrogen and oxygen atoms in total. The molecule has 2 N–H and O–H groups in total. The van der Waals surface area contributed by atoms with Gasteiger partial charge in [0.05, 0.1) is 18.6 Å². The lowest BCUT2D eigenvalue weighted by molar-refractivity contribution is -0.141. The average Bonchev–Trinajstić information content (AvgIpc) is 2.48. The van der Waals surface area contributed by atoms with Crippen molar-refractivity contribution in [3.63, 3.8) is 0 Å². The maximum Gasteiger partial charge on any atom is 0.337 e. The van der Waals surface area contributed by atoms with Crippen LogP contribution in [0.25, 0.3) is 0 Å². The van der Waals surface area contributed by atoms with Gasteiger partial charge >= 0.3 is 18.0 Å². The molecule has 0 fully saturated rings. The fourth-order valence-corrected chi connectivity index (χ4v) is 1.78. The normalized spacial score (nSPS) is 11.5. The molecule has 1 atom stereocenters. The van der Waals surface area contributed by atoms with E-state index in [-0.39, 0.29) is 6.54 Å². The predicted molar refractivity (Wildman–Crippen MR) is 81.0 cm³/mol. The monoisotopic (exact) mass is 308 g/mol. The van der Waals surface area contributed by atoms with Crippen molar-refractivity contribution in [2.45, 2.75) is 13.8 Å². The van der Waals surface area contributed by atoms with E-state index in [1.807, 2.05) is 0 Å². The highest BCUT2D eigenvalue weighted by atomic mass is 16.5. The Morgan fingerprint density at radius 3 is 2.55 bits per heavy atom. The third-order valence-corrected chi connectivity index (χ3v) is 3.22. The zero-order valence-corrected chi connectivity index (χ0v) is 13.0. The first kappa shape index (κ1) is 17.5. The molecule has 0 bridgehead atoms. The molecule has 0 aliphatic carbocycles. The van der Waals surface area contributed by atoms with E-state index in [4.69, 9.17) is 5.11 Å². The molecule has 0 aromatic heterocycles. The van der Waals surface area contributed by atoms with Crippen molar-refractivity contribution in [1.29, 1.82) is 0 Å². The molecule has 0 spiro atoms. The molecule has 1 rings (SSSR count). The number of aryl methyl sites for hydroxylation is 1. The van der Waals surface area contributed by atoms with Crippen LogP contribution in [-0.4, -0.2) is 48.7 Å². The van der Waals surface area contributed by atoms with Gasteiger partial charge in [0.15, 0.2) is 0 Å². The summed E-state index contributed by atoms with van der Waals surface area (Å²) in [7, 11) is 2.79. The zero-order chi connectivity index (χ0) is 16.9. The van der Waals surface area contributed by atoms with Gasteiger partial charge in [-0.25, -0.2) is 9.59 Å². The van der Waals surface area contributed by atoms with Crippen LogP contribution in [0, 0.1) is 12.8 Å². The Bertz CT molecular complexity index is 585. The number of urea groups is 1. The van der Waals surface area contributed by atoms with Gasteiger partial charge in [-0.05, 0) is 24.6 Å². The second-order valence-corrected chi connectivity index (χ2v) is 5.07. The summed E-state index contributed by atoms with van der Waals surface area (Å²) in [6.45, 7) is 3.39. The second kappa shape index (κ2) is 7.44. The number of hydrogen-bond donors (Lipinski definition) is 2. The first-order chi connectivity index (χ1) is 10.3. The van der Waals surface area contributed by atoms with Gasteiger partial charge in [0, 0.05) is 19.3 Å². The Morgan fingerprint density at radius 1 is 1.36 bits per heavy atom. The molecule has 1 aromatic rings. The highest BCUT2D eigenvalue weighted by molar-refractivity contribution is 5.94. The number of carboxylic acid groups (broad SMARTS) is 1. The lowest BCUT2D eigenvalue weighted by Crippen LogP contribution is -2.36. The van der Waals surface area contributed by atoms with Crippen molar-refractivity contribution in [2.75, 3.05) is 26.0 Å². The van der Waals surface area contributed by atoms with Gasteiger partial charge in [0.2, 0.25) is 0 Å². The second-order valence-electron chi connectivity index (χ2n) is 5.07.